The molecule has 0 aliphatic carbocycles. The smallest absolute Gasteiger partial charge is 0.260 e. The fraction of sp³-hybridized carbons (Fsp3) is 0.292. The molecular weight excluding hydrogens is 534 g/mol. The molecule has 1 atom stereocenters. The molecule has 3 N–H and O–H groups in total. The van der Waals surface area contributed by atoms with E-state index in [0.717, 1.165) is 0 Å². The molecular formula is C24H24Cl4N4O3. The highest BCUT2D eigenvalue weighted by atomic mass is 35.5. The second-order valence-electron chi connectivity index (χ2n) is 8.07. The van der Waals surface area contributed by atoms with Gasteiger partial charge in [-0.3, -0.25) is 9.59 Å². The number of aromatic nitrogens is 1. The molecule has 0 spiro atoms. The van der Waals surface area contributed by atoms with Crippen LogP contribution >= 0.6 is 46.4 Å². The highest BCUT2D eigenvalue weighted by Crippen LogP contribution is 2.36. The number of carbonyl (C=O) groups is 2. The second-order valence-corrected chi connectivity index (χ2v) is 9.99. The number of rotatable bonds is 9. The van der Waals surface area contributed by atoms with E-state index in [4.69, 9.17) is 56.7 Å². The van der Waals surface area contributed by atoms with Gasteiger partial charge in [0.2, 0.25) is 5.91 Å². The van der Waals surface area contributed by atoms with E-state index in [1.165, 1.54) is 4.90 Å². The van der Waals surface area contributed by atoms with Crippen molar-refractivity contribution in [1.82, 2.24) is 10.5 Å². The molecule has 0 fully saturated rings. The molecule has 0 saturated heterocycles. The Morgan fingerprint density at radius 1 is 1.09 bits per heavy atom. The predicted octanol–water partition coefficient (Wildman–Crippen LogP) is 5.55. The molecule has 2 amide bonds. The summed E-state index contributed by atoms with van der Waals surface area (Å²) in [5.74, 6) is -0.419. The number of benzene rings is 2. The van der Waals surface area contributed by atoms with Crippen molar-refractivity contribution in [2.75, 3.05) is 18.0 Å². The number of hydrogen-bond donors (Lipinski definition) is 2. The van der Waals surface area contributed by atoms with Crippen LogP contribution in [0.2, 0.25) is 10.0 Å². The fourth-order valence-electron chi connectivity index (χ4n) is 3.29. The molecule has 0 radical (unpaired) electrons. The zero-order valence-electron chi connectivity index (χ0n) is 19.0. The van der Waals surface area contributed by atoms with Gasteiger partial charge in [-0.1, -0.05) is 83.6 Å². The largest absolute Gasteiger partial charge is 0.356 e. The predicted molar refractivity (Wildman–Crippen MR) is 141 cm³/mol. The summed E-state index contributed by atoms with van der Waals surface area (Å²) in [5, 5.41) is 7.72. The number of nitrogens with one attached hydrogen (secondary N) is 1. The number of nitrogens with two attached hydrogens (primary N) is 1. The van der Waals surface area contributed by atoms with Crippen molar-refractivity contribution in [3.8, 4) is 22.6 Å². The van der Waals surface area contributed by atoms with E-state index < -0.39 is 16.8 Å². The summed E-state index contributed by atoms with van der Waals surface area (Å²) in [6.07, 6.45) is 0. The molecule has 0 aliphatic heterocycles. The molecule has 35 heavy (non-hydrogen) atoms. The SMILES string of the molecule is CC(C)C(N)C(=O)NCCN(C(=O)C(Cl)Cl)c1cccc(-c2cc(-c3c(Cl)cccc3Cl)no2)c1. The van der Waals surface area contributed by atoms with Crippen molar-refractivity contribution in [2.24, 2.45) is 11.7 Å². The Morgan fingerprint density at radius 2 is 1.74 bits per heavy atom. The molecule has 11 heteroatoms. The second kappa shape index (κ2) is 12.1. The number of halogens is 4. The molecule has 7 nitrogen and oxygen atoms in total. The third-order valence-electron chi connectivity index (χ3n) is 5.28. The minimum atomic E-state index is -1.29. The normalized spacial score (nSPS) is 12.1. The standard InChI is InChI=1S/C24H24Cl4N4O3/c1-13(2)21(29)23(33)30-9-10-32(24(34)22(27)28)15-6-3-5-14(11-15)19-12-18(31-35-19)20-16(25)7-4-8-17(20)26/h3-8,11-13,21-22H,9-10,29H2,1-2H3,(H,30,33). The van der Waals surface area contributed by atoms with Gasteiger partial charge < -0.3 is 20.5 Å². The Morgan fingerprint density at radius 3 is 2.37 bits per heavy atom. The molecule has 1 heterocycles. The van der Waals surface area contributed by atoms with E-state index >= 15 is 0 Å². The van der Waals surface area contributed by atoms with Gasteiger partial charge in [0, 0.05) is 36.0 Å². The van der Waals surface area contributed by atoms with Crippen molar-refractivity contribution in [2.45, 2.75) is 24.7 Å². The van der Waals surface area contributed by atoms with E-state index in [-0.39, 0.29) is 24.9 Å². The number of nitrogens with zero attached hydrogens (tertiary/aromatic N) is 2. The third kappa shape index (κ3) is 6.68. The van der Waals surface area contributed by atoms with Gasteiger partial charge in [-0.2, -0.15) is 0 Å². The molecule has 186 valence electrons. The van der Waals surface area contributed by atoms with Gasteiger partial charge in [0.05, 0.1) is 16.1 Å². The zero-order chi connectivity index (χ0) is 25.7. The lowest BCUT2D eigenvalue weighted by molar-refractivity contribution is -0.123. The topological polar surface area (TPSA) is 101 Å². The Kier molecular flexibility index (Phi) is 9.44. The monoisotopic (exact) mass is 556 g/mol. The number of anilines is 1. The summed E-state index contributed by atoms with van der Waals surface area (Å²) in [6, 6.07) is 13.2. The van der Waals surface area contributed by atoms with Crippen molar-refractivity contribution < 1.29 is 14.1 Å². The van der Waals surface area contributed by atoms with Gasteiger partial charge in [0.15, 0.2) is 10.6 Å². The average Bonchev–Trinajstić information content (AvgIpc) is 3.30. The molecule has 2 aromatic carbocycles. The lowest BCUT2D eigenvalue weighted by atomic mass is 10.1. The summed E-state index contributed by atoms with van der Waals surface area (Å²) in [4.78, 5) is 25.0. The third-order valence-corrected chi connectivity index (χ3v) is 6.28. The minimum absolute atomic E-state index is 0.0214. The van der Waals surface area contributed by atoms with E-state index in [1.807, 2.05) is 13.8 Å². The lowest BCUT2D eigenvalue weighted by Crippen LogP contribution is -2.47. The van der Waals surface area contributed by atoms with Gasteiger partial charge in [0.1, 0.15) is 5.69 Å². The maximum absolute atomic E-state index is 12.7. The van der Waals surface area contributed by atoms with Gasteiger partial charge in [-0.05, 0) is 30.2 Å². The van der Waals surface area contributed by atoms with Crippen LogP contribution in [0.25, 0.3) is 22.6 Å². The number of hydrogen-bond acceptors (Lipinski definition) is 5. The van der Waals surface area contributed by atoms with Crippen LogP contribution in [0.4, 0.5) is 5.69 Å². The van der Waals surface area contributed by atoms with Gasteiger partial charge >= 0.3 is 0 Å². The Balaban J connectivity index is 1.84. The lowest BCUT2D eigenvalue weighted by Gasteiger charge is -2.24. The van der Waals surface area contributed by atoms with Crippen LogP contribution in [0.3, 0.4) is 0 Å². The first-order chi connectivity index (χ1) is 16.6. The van der Waals surface area contributed by atoms with Gasteiger partial charge in [-0.25, -0.2) is 0 Å². The first kappa shape index (κ1) is 27.3. The van der Waals surface area contributed by atoms with E-state index in [2.05, 4.69) is 10.5 Å². The van der Waals surface area contributed by atoms with Crippen molar-refractivity contribution in [1.29, 1.82) is 0 Å². The van der Waals surface area contributed by atoms with Crippen LogP contribution in [0, 0.1) is 5.92 Å². The summed E-state index contributed by atoms with van der Waals surface area (Å²) < 4.78 is 5.53. The molecule has 0 saturated carbocycles. The molecule has 1 unspecified atom stereocenters. The Labute approximate surface area is 223 Å². The van der Waals surface area contributed by atoms with Crippen LogP contribution in [0.5, 0.6) is 0 Å². The zero-order valence-corrected chi connectivity index (χ0v) is 22.0. The molecule has 1 aromatic heterocycles. The average molecular weight is 558 g/mol. The maximum atomic E-state index is 12.7. The summed E-state index contributed by atoms with van der Waals surface area (Å²) >= 11 is 24.3. The van der Waals surface area contributed by atoms with Crippen LogP contribution in [-0.2, 0) is 9.59 Å². The minimum Gasteiger partial charge on any atom is -0.356 e. The summed E-state index contributed by atoms with van der Waals surface area (Å²) in [7, 11) is 0. The quantitative estimate of drug-likeness (QED) is 0.336. The number of amides is 2. The van der Waals surface area contributed by atoms with Gasteiger partial charge in [0.25, 0.3) is 5.91 Å². The molecule has 3 rings (SSSR count). The summed E-state index contributed by atoms with van der Waals surface area (Å²) in [5.41, 5.74) is 8.06. The van der Waals surface area contributed by atoms with Crippen molar-refractivity contribution >= 4 is 63.9 Å². The van der Waals surface area contributed by atoms with E-state index in [9.17, 15) is 9.59 Å². The molecule has 3 aromatic rings. The first-order valence-corrected chi connectivity index (χ1v) is 12.4. The molecule has 0 bridgehead atoms. The maximum Gasteiger partial charge on any atom is 0.260 e. The van der Waals surface area contributed by atoms with Crippen LogP contribution in [-0.4, -0.2) is 40.9 Å². The highest BCUT2D eigenvalue weighted by Gasteiger charge is 2.24. The number of carbonyl (C=O) groups excluding carboxylic acids is 2. The number of alkyl halides is 2. The first-order valence-electron chi connectivity index (χ1n) is 10.7. The summed E-state index contributed by atoms with van der Waals surface area (Å²) in [6.45, 7) is 4.00. The van der Waals surface area contributed by atoms with E-state index in [1.54, 1.807) is 48.5 Å². The highest BCUT2D eigenvalue weighted by molar-refractivity contribution is 6.54. The van der Waals surface area contributed by atoms with Crippen molar-refractivity contribution in [3.05, 3.63) is 58.6 Å². The Bertz CT molecular complexity index is 1180. The van der Waals surface area contributed by atoms with E-state index in [0.29, 0.717) is 38.3 Å². The van der Waals surface area contributed by atoms with Crippen molar-refractivity contribution in [3.63, 3.8) is 0 Å². The molecule has 0 aliphatic rings. The Hall–Kier alpha value is -2.29. The van der Waals surface area contributed by atoms with Crippen LogP contribution in [0.1, 0.15) is 13.8 Å². The van der Waals surface area contributed by atoms with Crippen LogP contribution in [0.15, 0.2) is 53.1 Å². The van der Waals surface area contributed by atoms with Crippen LogP contribution < -0.4 is 16.0 Å². The fourth-order valence-corrected chi connectivity index (χ4v) is 4.12. The van der Waals surface area contributed by atoms with Gasteiger partial charge in [-0.15, -0.1) is 0 Å².